The highest BCUT2D eigenvalue weighted by Gasteiger charge is 2.15. The minimum absolute atomic E-state index is 0.0905. The fourth-order valence-electron chi connectivity index (χ4n) is 2.30. The predicted octanol–water partition coefficient (Wildman–Crippen LogP) is 2.65. The number of anilines is 1. The van der Waals surface area contributed by atoms with Crippen molar-refractivity contribution < 1.29 is 5.11 Å². The zero-order valence-electron chi connectivity index (χ0n) is 10.6. The summed E-state index contributed by atoms with van der Waals surface area (Å²) in [6.07, 6.45) is 0. The quantitative estimate of drug-likeness (QED) is 0.771. The van der Waals surface area contributed by atoms with E-state index in [0.717, 1.165) is 32.3 Å². The maximum absolute atomic E-state index is 9.27. The Morgan fingerprint density at radius 2 is 2.16 bits per heavy atom. The summed E-state index contributed by atoms with van der Waals surface area (Å²) in [5.41, 5.74) is 8.97. The molecule has 3 aromatic rings. The Labute approximate surface area is 115 Å². The molecule has 0 saturated heterocycles. The maximum Gasteiger partial charge on any atom is 0.151 e. The molecule has 98 valence electrons. The number of hydrogen-bond acceptors (Lipinski definition) is 4. The molecule has 0 unspecified atom stereocenters. The molecule has 19 heavy (non-hydrogen) atoms. The Morgan fingerprint density at radius 3 is 2.84 bits per heavy atom. The van der Waals surface area contributed by atoms with Crippen LogP contribution in [0.1, 0.15) is 5.56 Å². The third-order valence-electron chi connectivity index (χ3n) is 3.12. The van der Waals surface area contributed by atoms with Crippen molar-refractivity contribution in [3.05, 3.63) is 35.9 Å². The van der Waals surface area contributed by atoms with Gasteiger partial charge in [0.25, 0.3) is 0 Å². The molecule has 5 heteroatoms. The van der Waals surface area contributed by atoms with Crippen molar-refractivity contribution in [2.45, 2.75) is 13.5 Å². The van der Waals surface area contributed by atoms with Gasteiger partial charge in [0.2, 0.25) is 0 Å². The van der Waals surface area contributed by atoms with Gasteiger partial charge in [-0.3, -0.25) is 0 Å². The molecule has 3 rings (SSSR count). The zero-order chi connectivity index (χ0) is 13.4. The van der Waals surface area contributed by atoms with E-state index in [1.165, 1.54) is 11.3 Å². The fourth-order valence-corrected chi connectivity index (χ4v) is 3.24. The molecular weight excluding hydrogens is 258 g/mol. The van der Waals surface area contributed by atoms with Crippen LogP contribution in [0.25, 0.3) is 21.7 Å². The molecule has 2 heterocycles. The lowest BCUT2D eigenvalue weighted by Gasteiger charge is -2.06. The summed E-state index contributed by atoms with van der Waals surface area (Å²) < 4.78 is 2.05. The van der Waals surface area contributed by atoms with Gasteiger partial charge >= 0.3 is 0 Å². The normalized spacial score (nSPS) is 11.3. The van der Waals surface area contributed by atoms with Crippen LogP contribution in [0.3, 0.4) is 0 Å². The van der Waals surface area contributed by atoms with E-state index in [9.17, 15) is 5.11 Å². The van der Waals surface area contributed by atoms with E-state index in [4.69, 9.17) is 5.73 Å². The number of nitrogen functional groups attached to an aromatic ring is 1. The summed E-state index contributed by atoms with van der Waals surface area (Å²) >= 11 is 1.54. The summed E-state index contributed by atoms with van der Waals surface area (Å²) in [5.74, 6) is 0.884. The highest BCUT2D eigenvalue weighted by atomic mass is 32.1. The smallest absolute Gasteiger partial charge is 0.151 e. The summed E-state index contributed by atoms with van der Waals surface area (Å²) in [4.78, 5) is 5.75. The van der Waals surface area contributed by atoms with Crippen molar-refractivity contribution in [2.75, 3.05) is 12.3 Å². The number of aryl methyl sites for hydroxylation is 1. The molecule has 0 bridgehead atoms. The standard InChI is InChI=1S/C14H15N3OS/c1-9-8-12(15)19-13(9)14-16-10-4-2-3-5-11(10)17(14)6-7-18/h2-5,8,18H,6-7,15H2,1H3. The number of benzene rings is 1. The average Bonchev–Trinajstić information content (AvgIpc) is 2.91. The first kappa shape index (κ1) is 12.2. The van der Waals surface area contributed by atoms with Gasteiger partial charge in [-0.2, -0.15) is 0 Å². The van der Waals surface area contributed by atoms with Gasteiger partial charge in [-0.1, -0.05) is 12.1 Å². The third kappa shape index (κ3) is 2.01. The highest BCUT2D eigenvalue weighted by Crippen LogP contribution is 2.35. The van der Waals surface area contributed by atoms with Crippen LogP contribution in [-0.2, 0) is 6.54 Å². The Kier molecular flexibility index (Phi) is 3.00. The molecule has 0 spiro atoms. The van der Waals surface area contributed by atoms with Gasteiger partial charge in [-0.15, -0.1) is 11.3 Å². The molecule has 1 aromatic carbocycles. The first-order valence-corrected chi connectivity index (χ1v) is 6.95. The van der Waals surface area contributed by atoms with Crippen LogP contribution < -0.4 is 5.73 Å². The van der Waals surface area contributed by atoms with Crippen molar-refractivity contribution in [3.8, 4) is 10.7 Å². The number of aliphatic hydroxyl groups is 1. The van der Waals surface area contributed by atoms with Gasteiger partial charge in [0.15, 0.2) is 5.82 Å². The average molecular weight is 273 g/mol. The summed E-state index contributed by atoms with van der Waals surface area (Å²) in [5, 5.41) is 10.1. The van der Waals surface area contributed by atoms with Crippen molar-refractivity contribution in [1.29, 1.82) is 0 Å². The lowest BCUT2D eigenvalue weighted by Crippen LogP contribution is -2.03. The van der Waals surface area contributed by atoms with E-state index in [0.29, 0.717) is 6.54 Å². The van der Waals surface area contributed by atoms with E-state index in [1.807, 2.05) is 41.8 Å². The van der Waals surface area contributed by atoms with Gasteiger partial charge in [-0.05, 0) is 30.7 Å². The predicted molar refractivity (Wildman–Crippen MR) is 79.3 cm³/mol. The monoisotopic (exact) mass is 273 g/mol. The Hall–Kier alpha value is -1.85. The summed E-state index contributed by atoms with van der Waals surface area (Å²) in [7, 11) is 0. The fraction of sp³-hybridized carbons (Fsp3) is 0.214. The molecule has 3 N–H and O–H groups in total. The lowest BCUT2D eigenvalue weighted by molar-refractivity contribution is 0.278. The number of fused-ring (bicyclic) bond motifs is 1. The molecule has 0 amide bonds. The van der Waals surface area contributed by atoms with Gasteiger partial charge in [-0.25, -0.2) is 4.98 Å². The van der Waals surface area contributed by atoms with E-state index in [2.05, 4.69) is 4.98 Å². The summed E-state index contributed by atoms with van der Waals surface area (Å²) in [6.45, 7) is 2.66. The molecule has 0 fully saturated rings. The molecule has 0 atom stereocenters. The Morgan fingerprint density at radius 1 is 1.37 bits per heavy atom. The zero-order valence-corrected chi connectivity index (χ0v) is 11.4. The van der Waals surface area contributed by atoms with Crippen molar-refractivity contribution in [2.24, 2.45) is 0 Å². The first-order chi connectivity index (χ1) is 9.20. The molecule has 0 aliphatic rings. The number of hydrogen-bond donors (Lipinski definition) is 2. The molecule has 4 nitrogen and oxygen atoms in total. The van der Waals surface area contributed by atoms with E-state index < -0.39 is 0 Å². The SMILES string of the molecule is Cc1cc(N)sc1-c1nc2ccccc2n1CCO. The van der Waals surface area contributed by atoms with Crippen LogP contribution in [-0.4, -0.2) is 21.3 Å². The maximum atomic E-state index is 9.27. The van der Waals surface area contributed by atoms with Crippen molar-refractivity contribution in [1.82, 2.24) is 9.55 Å². The van der Waals surface area contributed by atoms with Crippen LogP contribution in [0.2, 0.25) is 0 Å². The van der Waals surface area contributed by atoms with Gasteiger partial charge in [0, 0.05) is 6.54 Å². The number of para-hydroxylation sites is 2. The van der Waals surface area contributed by atoms with Crippen LogP contribution >= 0.6 is 11.3 Å². The molecule has 2 aromatic heterocycles. The van der Waals surface area contributed by atoms with Crippen molar-refractivity contribution >= 4 is 27.4 Å². The molecule has 0 radical (unpaired) electrons. The van der Waals surface area contributed by atoms with Crippen LogP contribution in [0.15, 0.2) is 30.3 Å². The van der Waals surface area contributed by atoms with E-state index >= 15 is 0 Å². The molecule has 0 aliphatic carbocycles. The van der Waals surface area contributed by atoms with Crippen molar-refractivity contribution in [3.63, 3.8) is 0 Å². The highest BCUT2D eigenvalue weighted by molar-refractivity contribution is 7.19. The number of aliphatic hydroxyl groups excluding tert-OH is 1. The van der Waals surface area contributed by atoms with E-state index in [1.54, 1.807) is 0 Å². The van der Waals surface area contributed by atoms with Crippen LogP contribution in [0.5, 0.6) is 0 Å². The van der Waals surface area contributed by atoms with Gasteiger partial charge in [0.05, 0.1) is 27.5 Å². The van der Waals surface area contributed by atoms with Crippen LogP contribution in [0, 0.1) is 6.92 Å². The third-order valence-corrected chi connectivity index (χ3v) is 4.18. The van der Waals surface area contributed by atoms with Gasteiger partial charge in [0.1, 0.15) is 0 Å². The lowest BCUT2D eigenvalue weighted by atomic mass is 10.3. The van der Waals surface area contributed by atoms with Crippen LogP contribution in [0.4, 0.5) is 5.00 Å². The minimum atomic E-state index is 0.0905. The second kappa shape index (κ2) is 4.68. The first-order valence-electron chi connectivity index (χ1n) is 6.13. The summed E-state index contributed by atoms with van der Waals surface area (Å²) in [6, 6.07) is 9.92. The number of rotatable bonds is 3. The largest absolute Gasteiger partial charge is 0.395 e. The number of imidazole rings is 1. The molecule has 0 aliphatic heterocycles. The number of thiophene rings is 1. The molecule has 0 saturated carbocycles. The number of nitrogens with two attached hydrogens (primary N) is 1. The second-order valence-electron chi connectivity index (χ2n) is 4.46. The second-order valence-corrected chi connectivity index (χ2v) is 5.54. The Bertz CT molecular complexity index is 729. The van der Waals surface area contributed by atoms with E-state index in [-0.39, 0.29) is 6.61 Å². The number of nitrogens with zero attached hydrogens (tertiary/aromatic N) is 2. The molecular formula is C14H15N3OS. The number of aromatic nitrogens is 2. The van der Waals surface area contributed by atoms with Gasteiger partial charge < -0.3 is 15.4 Å². The topological polar surface area (TPSA) is 64.1 Å². The minimum Gasteiger partial charge on any atom is -0.395 e. The Balaban J connectivity index is 2.27.